The molecule has 1 aromatic rings. The van der Waals surface area contributed by atoms with Crippen LogP contribution in [-0.2, 0) is 4.74 Å². The average molecular weight is 482 g/mol. The van der Waals surface area contributed by atoms with Crippen molar-refractivity contribution < 1.29 is 24.1 Å². The van der Waals surface area contributed by atoms with Crippen molar-refractivity contribution in [2.24, 2.45) is 5.92 Å². The second kappa shape index (κ2) is 11.6. The van der Waals surface area contributed by atoms with Crippen molar-refractivity contribution in [2.75, 3.05) is 51.7 Å². The summed E-state index contributed by atoms with van der Waals surface area (Å²) in [6.07, 6.45) is 8.07. The van der Waals surface area contributed by atoms with Gasteiger partial charge in [-0.25, -0.2) is 0 Å². The lowest BCUT2D eigenvalue weighted by Gasteiger charge is -2.36. The van der Waals surface area contributed by atoms with E-state index in [1.54, 1.807) is 0 Å². The van der Waals surface area contributed by atoms with Gasteiger partial charge in [-0.15, -0.1) is 0 Å². The molecule has 1 aliphatic carbocycles. The van der Waals surface area contributed by atoms with Crippen LogP contribution in [0.5, 0.6) is 11.5 Å². The zero-order chi connectivity index (χ0) is 23.2. The lowest BCUT2D eigenvalue weighted by atomic mass is 9.93. The molecule has 1 unspecified atom stereocenters. The first-order valence-electron chi connectivity index (χ1n) is 12.2. The molecule has 8 nitrogen and oxygen atoms in total. The van der Waals surface area contributed by atoms with Crippen LogP contribution in [0, 0.1) is 5.92 Å². The molecule has 1 saturated carbocycles. The number of halogens is 1. The van der Waals surface area contributed by atoms with E-state index in [1.165, 1.54) is 38.2 Å². The number of hydrogen-bond donors (Lipinski definition) is 3. The van der Waals surface area contributed by atoms with Crippen molar-refractivity contribution in [2.45, 2.75) is 57.2 Å². The van der Waals surface area contributed by atoms with Crippen LogP contribution in [0.4, 0.5) is 5.69 Å². The maximum Gasteiger partial charge on any atom is 0.255 e. The number of rotatable bonds is 8. The van der Waals surface area contributed by atoms with E-state index in [0.717, 1.165) is 32.5 Å². The van der Waals surface area contributed by atoms with Crippen LogP contribution in [0.1, 0.15) is 55.3 Å². The summed E-state index contributed by atoms with van der Waals surface area (Å²) in [5.74, 6) is 0.327. The van der Waals surface area contributed by atoms with E-state index in [-0.39, 0.29) is 22.5 Å². The number of nitrogens with zero attached hydrogens (tertiary/aromatic N) is 1. The van der Waals surface area contributed by atoms with E-state index in [2.05, 4.69) is 10.2 Å². The number of aliphatic hydroxyl groups excluding tert-OH is 1. The minimum absolute atomic E-state index is 0.00123. The van der Waals surface area contributed by atoms with E-state index in [4.69, 9.17) is 31.5 Å². The number of amides is 1. The monoisotopic (exact) mass is 481 g/mol. The highest BCUT2D eigenvalue weighted by atomic mass is 35.5. The number of aliphatic hydroxyl groups is 1. The minimum Gasteiger partial charge on any atom is -0.485 e. The van der Waals surface area contributed by atoms with Crippen LogP contribution in [0.25, 0.3) is 0 Å². The van der Waals surface area contributed by atoms with Crippen LogP contribution in [0.15, 0.2) is 6.07 Å². The number of carbonyl (C=O) groups is 1. The Bertz CT molecular complexity index is 818. The first kappa shape index (κ1) is 24.4. The lowest BCUT2D eigenvalue weighted by Crippen LogP contribution is -2.48. The van der Waals surface area contributed by atoms with Gasteiger partial charge in [0, 0.05) is 32.2 Å². The number of likely N-dealkylation sites (tertiary alicyclic amines) is 1. The van der Waals surface area contributed by atoms with Crippen molar-refractivity contribution in [3.8, 4) is 11.5 Å². The fraction of sp³-hybridized carbons (Fsp3) is 0.708. The summed E-state index contributed by atoms with van der Waals surface area (Å²) < 4.78 is 17.2. The van der Waals surface area contributed by atoms with E-state index in [0.29, 0.717) is 49.5 Å². The molecule has 1 saturated heterocycles. The predicted molar refractivity (Wildman–Crippen MR) is 127 cm³/mol. The molecule has 184 valence electrons. The first-order valence-corrected chi connectivity index (χ1v) is 12.6. The molecule has 9 heteroatoms. The number of nitrogen functional groups attached to an aromatic ring is 1. The molecule has 0 bridgehead atoms. The summed E-state index contributed by atoms with van der Waals surface area (Å²) in [5, 5.41) is 13.8. The highest BCUT2D eigenvalue weighted by molar-refractivity contribution is 6.35. The van der Waals surface area contributed by atoms with Gasteiger partial charge in [0.1, 0.15) is 18.2 Å². The Kier molecular flexibility index (Phi) is 8.57. The fourth-order valence-electron chi connectivity index (χ4n) is 4.94. The normalized spacial score (nSPS) is 23.9. The highest BCUT2D eigenvalue weighted by Gasteiger charge is 2.30. The second-order valence-corrected chi connectivity index (χ2v) is 9.67. The number of carbonyl (C=O) groups excluding carboxylic acids is 1. The second-order valence-electron chi connectivity index (χ2n) is 9.29. The average Bonchev–Trinajstić information content (AvgIpc) is 2.84. The van der Waals surface area contributed by atoms with E-state index in [1.807, 2.05) is 0 Å². The molecule has 2 heterocycles. The summed E-state index contributed by atoms with van der Waals surface area (Å²) in [5.41, 5.74) is 6.52. The maximum absolute atomic E-state index is 12.8. The van der Waals surface area contributed by atoms with Gasteiger partial charge in [0.15, 0.2) is 11.5 Å². The van der Waals surface area contributed by atoms with Crippen molar-refractivity contribution in [3.63, 3.8) is 0 Å². The number of fused-ring (bicyclic) bond motifs is 1. The molecule has 4 N–H and O–H groups in total. The van der Waals surface area contributed by atoms with E-state index < -0.39 is 6.10 Å². The maximum atomic E-state index is 12.8. The van der Waals surface area contributed by atoms with Crippen LogP contribution >= 0.6 is 11.6 Å². The number of hydrogen-bond acceptors (Lipinski definition) is 7. The van der Waals surface area contributed by atoms with Gasteiger partial charge in [0.25, 0.3) is 5.91 Å². The molecule has 1 amide bonds. The van der Waals surface area contributed by atoms with Crippen molar-refractivity contribution in [1.82, 2.24) is 10.2 Å². The Morgan fingerprint density at radius 3 is 2.73 bits per heavy atom. The fourth-order valence-corrected chi connectivity index (χ4v) is 5.14. The quantitative estimate of drug-likeness (QED) is 0.387. The summed E-state index contributed by atoms with van der Waals surface area (Å²) in [4.78, 5) is 15.1. The van der Waals surface area contributed by atoms with Crippen molar-refractivity contribution >= 4 is 23.2 Å². The highest BCUT2D eigenvalue weighted by Crippen LogP contribution is 2.43. The number of nitrogens with two attached hydrogens (primary N) is 1. The zero-order valence-electron chi connectivity index (χ0n) is 19.2. The SMILES string of the molecule is Nc1cc(C(=O)NC[C@@H]2CCN(CCCOC3CCCCC3)CC2O)c2c(c1Cl)OCCO2. The van der Waals surface area contributed by atoms with Gasteiger partial charge in [0.05, 0.1) is 23.5 Å². The molecule has 0 radical (unpaired) electrons. The van der Waals surface area contributed by atoms with Gasteiger partial charge in [-0.3, -0.25) is 4.79 Å². The van der Waals surface area contributed by atoms with Crippen molar-refractivity contribution in [3.05, 3.63) is 16.7 Å². The smallest absolute Gasteiger partial charge is 0.255 e. The Balaban J connectivity index is 1.21. The third-order valence-corrected chi connectivity index (χ3v) is 7.27. The zero-order valence-corrected chi connectivity index (χ0v) is 19.9. The third-order valence-electron chi connectivity index (χ3n) is 6.88. The predicted octanol–water partition coefficient (Wildman–Crippen LogP) is 2.85. The number of nitrogens with one attached hydrogen (secondary N) is 1. The van der Waals surface area contributed by atoms with Gasteiger partial charge in [0.2, 0.25) is 0 Å². The summed E-state index contributed by atoms with van der Waals surface area (Å²) >= 11 is 6.20. The molecule has 4 rings (SSSR count). The molecule has 2 aliphatic heterocycles. The molecule has 0 aromatic heterocycles. The topological polar surface area (TPSA) is 106 Å². The molecule has 2 atom stereocenters. The first-order chi connectivity index (χ1) is 16.0. The number of piperidine rings is 1. The Labute approximate surface area is 200 Å². The number of β-amino-alcohol motifs (C(OH)–C–C–N with tert-alkyl or cyclic N) is 1. The van der Waals surface area contributed by atoms with Gasteiger partial charge in [-0.2, -0.15) is 0 Å². The van der Waals surface area contributed by atoms with Gasteiger partial charge >= 0.3 is 0 Å². The Morgan fingerprint density at radius 2 is 1.97 bits per heavy atom. The third kappa shape index (κ3) is 6.23. The molecule has 3 aliphatic rings. The number of anilines is 1. The van der Waals surface area contributed by atoms with Gasteiger partial charge in [-0.1, -0.05) is 30.9 Å². The molecule has 33 heavy (non-hydrogen) atoms. The molecule has 2 fully saturated rings. The van der Waals surface area contributed by atoms with E-state index >= 15 is 0 Å². The standard InChI is InChI=1S/C24H36ClN3O5/c25-21-19(26)13-18(22-23(21)33-12-11-32-22)24(30)27-14-16-7-9-28(15-20(16)29)8-4-10-31-17-5-2-1-3-6-17/h13,16-17,20,29H,1-12,14-15,26H2,(H,27,30)/t16-,20?/m0/s1. The largest absolute Gasteiger partial charge is 0.485 e. The Hall–Kier alpha value is -1.74. The van der Waals surface area contributed by atoms with Crippen molar-refractivity contribution in [1.29, 1.82) is 0 Å². The molecular weight excluding hydrogens is 446 g/mol. The van der Waals surface area contributed by atoms with Gasteiger partial charge in [-0.05, 0) is 38.3 Å². The van der Waals surface area contributed by atoms with Gasteiger partial charge < -0.3 is 35.3 Å². The minimum atomic E-state index is -0.484. The molecule has 1 aromatic carbocycles. The lowest BCUT2D eigenvalue weighted by molar-refractivity contribution is 0.00425. The number of ether oxygens (including phenoxy) is 3. The Morgan fingerprint density at radius 1 is 1.21 bits per heavy atom. The molecule has 0 spiro atoms. The summed E-state index contributed by atoms with van der Waals surface area (Å²) in [6.45, 7) is 4.32. The van der Waals surface area contributed by atoms with Crippen LogP contribution in [-0.4, -0.2) is 74.1 Å². The molecular formula is C24H36ClN3O5. The van der Waals surface area contributed by atoms with Crippen LogP contribution < -0.4 is 20.5 Å². The summed E-state index contributed by atoms with van der Waals surface area (Å²) in [6, 6.07) is 1.51. The number of benzene rings is 1. The van der Waals surface area contributed by atoms with E-state index in [9.17, 15) is 9.90 Å². The van der Waals surface area contributed by atoms with Crippen LogP contribution in [0.3, 0.4) is 0 Å². The van der Waals surface area contributed by atoms with Crippen LogP contribution in [0.2, 0.25) is 5.02 Å². The summed E-state index contributed by atoms with van der Waals surface area (Å²) in [7, 11) is 0.